The molecule has 2 aromatic heterocycles. The first-order chi connectivity index (χ1) is 11.7. The van der Waals surface area contributed by atoms with E-state index in [2.05, 4.69) is 15.5 Å². The van der Waals surface area contributed by atoms with Crippen LogP contribution in [-0.4, -0.2) is 27.6 Å². The number of hydrogen-bond donors (Lipinski definition) is 1. The zero-order chi connectivity index (χ0) is 16.5. The van der Waals surface area contributed by atoms with Crippen LogP contribution in [0.3, 0.4) is 0 Å². The number of hydrogen-bond acceptors (Lipinski definition) is 4. The molecular formula is C18H18N4O2. The highest BCUT2D eigenvalue weighted by molar-refractivity contribution is 5.99. The quantitative estimate of drug-likeness (QED) is 0.776. The van der Waals surface area contributed by atoms with Crippen LogP contribution in [0.25, 0.3) is 10.9 Å². The molecule has 1 aromatic carbocycles. The maximum absolute atomic E-state index is 12.8. The summed E-state index contributed by atoms with van der Waals surface area (Å²) in [5.74, 6) is 0.760. The van der Waals surface area contributed by atoms with E-state index in [0.717, 1.165) is 40.9 Å². The van der Waals surface area contributed by atoms with Gasteiger partial charge in [-0.25, -0.2) is 4.79 Å². The Morgan fingerprint density at radius 3 is 3.04 bits per heavy atom. The van der Waals surface area contributed by atoms with Gasteiger partial charge in [0.1, 0.15) is 11.5 Å². The van der Waals surface area contributed by atoms with Crippen LogP contribution in [0.2, 0.25) is 0 Å². The molecule has 1 aliphatic heterocycles. The number of urea groups is 1. The Balaban J connectivity index is 1.59. The second kappa shape index (κ2) is 5.96. The summed E-state index contributed by atoms with van der Waals surface area (Å²) < 4.78 is 5.16. The van der Waals surface area contributed by atoms with Gasteiger partial charge in [-0.1, -0.05) is 23.4 Å². The minimum Gasteiger partial charge on any atom is -0.361 e. The van der Waals surface area contributed by atoms with Gasteiger partial charge in [0, 0.05) is 24.2 Å². The maximum atomic E-state index is 12.8. The molecule has 1 saturated heterocycles. The number of fused-ring (bicyclic) bond motifs is 1. The summed E-state index contributed by atoms with van der Waals surface area (Å²) in [5.41, 5.74) is 2.33. The van der Waals surface area contributed by atoms with Gasteiger partial charge in [0.15, 0.2) is 0 Å². The fraction of sp³-hybridized carbons (Fsp3) is 0.278. The number of aryl methyl sites for hydroxylation is 1. The molecule has 0 radical (unpaired) electrons. The van der Waals surface area contributed by atoms with Gasteiger partial charge in [0.25, 0.3) is 0 Å². The molecule has 122 valence electrons. The first kappa shape index (κ1) is 14.7. The number of amides is 2. The highest BCUT2D eigenvalue weighted by Gasteiger charge is 2.32. The summed E-state index contributed by atoms with van der Waals surface area (Å²) >= 11 is 0. The third-order valence-electron chi connectivity index (χ3n) is 4.38. The van der Waals surface area contributed by atoms with E-state index in [9.17, 15) is 4.79 Å². The normalized spacial score (nSPS) is 17.4. The van der Waals surface area contributed by atoms with Gasteiger partial charge in [-0.3, -0.25) is 4.98 Å². The fourth-order valence-electron chi connectivity index (χ4n) is 3.25. The average molecular weight is 322 g/mol. The van der Waals surface area contributed by atoms with E-state index in [1.54, 1.807) is 6.20 Å². The Bertz CT molecular complexity index is 884. The molecule has 0 aliphatic carbocycles. The van der Waals surface area contributed by atoms with Crippen molar-refractivity contribution in [2.75, 3.05) is 11.9 Å². The predicted molar refractivity (Wildman–Crippen MR) is 90.7 cm³/mol. The number of carbonyl (C=O) groups is 1. The van der Waals surface area contributed by atoms with Gasteiger partial charge >= 0.3 is 6.03 Å². The molecule has 6 heteroatoms. The highest BCUT2D eigenvalue weighted by Crippen LogP contribution is 2.32. The molecule has 24 heavy (non-hydrogen) atoms. The van der Waals surface area contributed by atoms with E-state index in [1.165, 1.54) is 0 Å². The molecular weight excluding hydrogens is 304 g/mol. The van der Waals surface area contributed by atoms with Crippen molar-refractivity contribution in [3.63, 3.8) is 0 Å². The number of rotatable bonds is 2. The van der Waals surface area contributed by atoms with Crippen molar-refractivity contribution in [2.45, 2.75) is 25.8 Å². The number of likely N-dealkylation sites (tertiary alicyclic amines) is 1. The van der Waals surface area contributed by atoms with E-state index in [4.69, 9.17) is 4.52 Å². The number of para-hydroxylation sites is 1. The minimum atomic E-state index is -0.128. The number of pyridine rings is 1. The molecule has 1 N–H and O–H groups in total. The number of nitrogens with zero attached hydrogens (tertiary/aromatic N) is 3. The molecule has 0 bridgehead atoms. The van der Waals surface area contributed by atoms with E-state index >= 15 is 0 Å². The predicted octanol–water partition coefficient (Wildman–Crippen LogP) is 3.90. The Kier molecular flexibility index (Phi) is 3.65. The highest BCUT2D eigenvalue weighted by atomic mass is 16.5. The number of nitrogens with one attached hydrogen (secondary N) is 1. The van der Waals surface area contributed by atoms with E-state index in [-0.39, 0.29) is 12.1 Å². The zero-order valence-corrected chi connectivity index (χ0v) is 13.4. The molecule has 1 atom stereocenters. The molecule has 1 fully saturated rings. The van der Waals surface area contributed by atoms with Crippen LogP contribution in [0, 0.1) is 6.92 Å². The third-order valence-corrected chi connectivity index (χ3v) is 4.38. The summed E-state index contributed by atoms with van der Waals surface area (Å²) in [6.45, 7) is 2.57. The van der Waals surface area contributed by atoms with Crippen molar-refractivity contribution in [1.82, 2.24) is 15.0 Å². The summed E-state index contributed by atoms with van der Waals surface area (Å²) in [6, 6.07) is 11.4. The smallest absolute Gasteiger partial charge is 0.322 e. The lowest BCUT2D eigenvalue weighted by Crippen LogP contribution is -2.34. The first-order valence-electron chi connectivity index (χ1n) is 8.07. The number of aromatic nitrogens is 2. The standard InChI is InChI=1S/C18H18N4O2/c1-12-11-15(21-24-12)16-8-4-10-22(16)18(23)20-14-7-2-5-13-6-3-9-19-17(13)14/h2-3,5-7,9,11,16H,4,8,10H2,1H3,(H,20,23). The van der Waals surface area contributed by atoms with Gasteiger partial charge in [0.2, 0.25) is 0 Å². The molecule has 3 aromatic rings. The molecule has 0 saturated carbocycles. The Labute approximate surface area is 139 Å². The van der Waals surface area contributed by atoms with Crippen molar-refractivity contribution in [3.8, 4) is 0 Å². The van der Waals surface area contributed by atoms with Crippen LogP contribution >= 0.6 is 0 Å². The van der Waals surface area contributed by atoms with Crippen molar-refractivity contribution in [1.29, 1.82) is 0 Å². The first-order valence-corrected chi connectivity index (χ1v) is 8.07. The van der Waals surface area contributed by atoms with Gasteiger partial charge in [-0.15, -0.1) is 0 Å². The maximum Gasteiger partial charge on any atom is 0.322 e. The van der Waals surface area contributed by atoms with Crippen molar-refractivity contribution < 1.29 is 9.32 Å². The zero-order valence-electron chi connectivity index (χ0n) is 13.4. The molecule has 1 unspecified atom stereocenters. The molecule has 4 rings (SSSR count). The summed E-state index contributed by atoms with van der Waals surface area (Å²) in [5, 5.41) is 8.08. The molecule has 1 aliphatic rings. The summed E-state index contributed by atoms with van der Waals surface area (Å²) in [6.07, 6.45) is 3.58. The van der Waals surface area contributed by atoms with Crippen molar-refractivity contribution in [3.05, 3.63) is 54.0 Å². The lowest BCUT2D eigenvalue weighted by Gasteiger charge is -2.23. The average Bonchev–Trinajstić information content (AvgIpc) is 3.24. The topological polar surface area (TPSA) is 71.3 Å². The third kappa shape index (κ3) is 2.60. The van der Waals surface area contributed by atoms with Crippen LogP contribution in [0.15, 0.2) is 47.1 Å². The van der Waals surface area contributed by atoms with Crippen LogP contribution in [0.4, 0.5) is 10.5 Å². The van der Waals surface area contributed by atoms with E-state index in [1.807, 2.05) is 48.2 Å². The van der Waals surface area contributed by atoms with Crippen LogP contribution < -0.4 is 5.32 Å². The Morgan fingerprint density at radius 1 is 1.33 bits per heavy atom. The van der Waals surface area contributed by atoms with Gasteiger partial charge in [0.05, 0.1) is 17.2 Å². The van der Waals surface area contributed by atoms with Crippen LogP contribution in [0.1, 0.15) is 30.3 Å². The minimum absolute atomic E-state index is 0.0367. The molecule has 3 heterocycles. The largest absolute Gasteiger partial charge is 0.361 e. The summed E-state index contributed by atoms with van der Waals surface area (Å²) in [4.78, 5) is 19.0. The van der Waals surface area contributed by atoms with Gasteiger partial charge < -0.3 is 14.7 Å². The second-order valence-corrected chi connectivity index (χ2v) is 6.02. The van der Waals surface area contributed by atoms with Crippen molar-refractivity contribution in [2.24, 2.45) is 0 Å². The Hall–Kier alpha value is -2.89. The van der Waals surface area contributed by atoms with Gasteiger partial charge in [-0.05, 0) is 31.9 Å². The number of benzene rings is 1. The monoisotopic (exact) mass is 322 g/mol. The molecule has 6 nitrogen and oxygen atoms in total. The fourth-order valence-corrected chi connectivity index (χ4v) is 3.25. The van der Waals surface area contributed by atoms with Gasteiger partial charge in [-0.2, -0.15) is 0 Å². The Morgan fingerprint density at radius 2 is 2.21 bits per heavy atom. The second-order valence-electron chi connectivity index (χ2n) is 6.02. The van der Waals surface area contributed by atoms with E-state index < -0.39 is 0 Å². The molecule has 0 spiro atoms. The van der Waals surface area contributed by atoms with Crippen LogP contribution in [-0.2, 0) is 0 Å². The van der Waals surface area contributed by atoms with E-state index in [0.29, 0.717) is 6.54 Å². The lowest BCUT2D eigenvalue weighted by molar-refractivity contribution is 0.204. The lowest BCUT2D eigenvalue weighted by atomic mass is 10.1. The van der Waals surface area contributed by atoms with Crippen LogP contribution in [0.5, 0.6) is 0 Å². The molecule has 2 amide bonds. The SMILES string of the molecule is Cc1cc(C2CCCN2C(=O)Nc2cccc3cccnc23)no1. The van der Waals surface area contributed by atoms with Crippen molar-refractivity contribution >= 4 is 22.6 Å². The summed E-state index contributed by atoms with van der Waals surface area (Å²) in [7, 11) is 0. The number of carbonyl (C=O) groups excluding carboxylic acids is 1. The number of anilines is 1.